The van der Waals surface area contributed by atoms with E-state index in [0.717, 1.165) is 17.9 Å². The molecule has 1 atom stereocenters. The van der Waals surface area contributed by atoms with Crippen molar-refractivity contribution in [1.82, 2.24) is 10.6 Å². The number of hydrogen-bond acceptors (Lipinski definition) is 1. The molecular weight excluding hydrogens is 344 g/mol. The van der Waals surface area contributed by atoms with Crippen LogP contribution in [0, 0.1) is 5.82 Å². The average molecular weight is 365 g/mol. The summed E-state index contributed by atoms with van der Waals surface area (Å²) in [4.78, 5) is 4.11. The minimum atomic E-state index is -0.214. The van der Waals surface area contributed by atoms with E-state index >= 15 is 0 Å². The Labute approximate surface area is 125 Å². The predicted molar refractivity (Wildman–Crippen MR) is 84.9 cm³/mol. The van der Waals surface area contributed by atoms with E-state index in [-0.39, 0.29) is 29.8 Å². The Morgan fingerprint density at radius 2 is 2.17 bits per heavy atom. The quantitative estimate of drug-likeness (QED) is 0.489. The van der Waals surface area contributed by atoms with Gasteiger partial charge in [-0.2, -0.15) is 0 Å². The van der Waals surface area contributed by atoms with Crippen LogP contribution in [0.5, 0.6) is 0 Å². The Morgan fingerprint density at radius 1 is 1.44 bits per heavy atom. The molecule has 1 aromatic carbocycles. The van der Waals surface area contributed by atoms with Crippen LogP contribution in [0.25, 0.3) is 0 Å². The number of halogens is 2. The molecule has 0 amide bonds. The molecule has 1 rings (SSSR count). The molecule has 0 aliphatic carbocycles. The van der Waals surface area contributed by atoms with Gasteiger partial charge >= 0.3 is 0 Å². The lowest BCUT2D eigenvalue weighted by atomic mass is 10.2. The Bertz CT molecular complexity index is 382. The monoisotopic (exact) mass is 365 g/mol. The van der Waals surface area contributed by atoms with Crippen molar-refractivity contribution in [3.63, 3.8) is 0 Å². The summed E-state index contributed by atoms with van der Waals surface area (Å²) in [5.74, 6) is 0.526. The second kappa shape index (κ2) is 9.13. The van der Waals surface area contributed by atoms with Crippen LogP contribution in [0.4, 0.5) is 4.39 Å². The van der Waals surface area contributed by atoms with Crippen molar-refractivity contribution in [3.8, 4) is 0 Å². The van der Waals surface area contributed by atoms with Crippen molar-refractivity contribution in [2.75, 3.05) is 7.05 Å². The topological polar surface area (TPSA) is 36.4 Å². The Hall–Kier alpha value is -0.850. The molecule has 0 aliphatic rings. The third kappa shape index (κ3) is 6.18. The minimum Gasteiger partial charge on any atom is -0.354 e. The van der Waals surface area contributed by atoms with Gasteiger partial charge in [-0.15, -0.1) is 24.0 Å². The van der Waals surface area contributed by atoms with E-state index in [1.54, 1.807) is 13.1 Å². The van der Waals surface area contributed by atoms with Crippen LogP contribution in [0.1, 0.15) is 25.8 Å². The molecular formula is C13H21FIN3. The van der Waals surface area contributed by atoms with Crippen LogP contribution in [-0.2, 0) is 6.54 Å². The lowest BCUT2D eigenvalue weighted by Gasteiger charge is -2.16. The molecule has 3 nitrogen and oxygen atoms in total. The highest BCUT2D eigenvalue weighted by atomic mass is 127. The standard InChI is InChI=1S/C13H20FN3.HI/c1-4-10(2)17-13(15-3)16-9-11-6-5-7-12(14)8-11;/h5-8,10H,4,9H2,1-3H3,(H2,15,16,17);1H. The fourth-order valence-electron chi connectivity index (χ4n) is 1.36. The van der Waals surface area contributed by atoms with Crippen LogP contribution in [0.3, 0.4) is 0 Å². The average Bonchev–Trinajstić information content (AvgIpc) is 2.34. The van der Waals surface area contributed by atoms with Crippen LogP contribution < -0.4 is 10.6 Å². The van der Waals surface area contributed by atoms with Gasteiger partial charge in [-0.1, -0.05) is 19.1 Å². The summed E-state index contributed by atoms with van der Waals surface area (Å²) in [6.07, 6.45) is 1.03. The zero-order chi connectivity index (χ0) is 12.7. The van der Waals surface area contributed by atoms with E-state index in [9.17, 15) is 4.39 Å². The molecule has 0 heterocycles. The Balaban J connectivity index is 0.00000289. The first-order valence-electron chi connectivity index (χ1n) is 5.87. The second-order valence-electron chi connectivity index (χ2n) is 4.01. The Morgan fingerprint density at radius 3 is 2.72 bits per heavy atom. The van der Waals surface area contributed by atoms with E-state index in [4.69, 9.17) is 0 Å². The van der Waals surface area contributed by atoms with E-state index < -0.39 is 0 Å². The van der Waals surface area contributed by atoms with Crippen LogP contribution in [-0.4, -0.2) is 19.0 Å². The summed E-state index contributed by atoms with van der Waals surface area (Å²) in [5, 5.41) is 6.40. The maximum Gasteiger partial charge on any atom is 0.191 e. The van der Waals surface area contributed by atoms with Crippen LogP contribution in [0.2, 0.25) is 0 Å². The van der Waals surface area contributed by atoms with Gasteiger partial charge in [0.25, 0.3) is 0 Å². The van der Waals surface area contributed by atoms with E-state index in [1.807, 2.05) is 6.07 Å². The van der Waals surface area contributed by atoms with Crippen molar-refractivity contribution in [2.24, 2.45) is 4.99 Å². The fraction of sp³-hybridized carbons (Fsp3) is 0.462. The number of benzene rings is 1. The number of guanidine groups is 1. The number of aliphatic imine (C=N–C) groups is 1. The normalized spacial score (nSPS) is 12.6. The molecule has 0 spiro atoms. The molecule has 0 aromatic heterocycles. The lowest BCUT2D eigenvalue weighted by Crippen LogP contribution is -2.41. The maximum absolute atomic E-state index is 13.0. The zero-order valence-corrected chi connectivity index (χ0v) is 13.4. The van der Waals surface area contributed by atoms with Crippen molar-refractivity contribution in [3.05, 3.63) is 35.6 Å². The number of nitrogens with one attached hydrogen (secondary N) is 2. The summed E-state index contributed by atoms with van der Waals surface area (Å²) in [5.41, 5.74) is 0.900. The van der Waals surface area contributed by atoms with Crippen molar-refractivity contribution in [2.45, 2.75) is 32.9 Å². The molecule has 0 radical (unpaired) electrons. The van der Waals surface area contributed by atoms with E-state index in [1.165, 1.54) is 12.1 Å². The van der Waals surface area contributed by atoms with Gasteiger partial charge in [0.05, 0.1) is 0 Å². The molecule has 1 unspecified atom stereocenters. The molecule has 18 heavy (non-hydrogen) atoms. The first-order valence-corrected chi connectivity index (χ1v) is 5.87. The summed E-state index contributed by atoms with van der Waals surface area (Å²) < 4.78 is 13.0. The lowest BCUT2D eigenvalue weighted by molar-refractivity contribution is 0.618. The third-order valence-corrected chi connectivity index (χ3v) is 2.57. The van der Waals surface area contributed by atoms with Gasteiger partial charge in [0, 0.05) is 19.6 Å². The summed E-state index contributed by atoms with van der Waals surface area (Å²) in [7, 11) is 1.73. The van der Waals surface area contributed by atoms with E-state index in [2.05, 4.69) is 29.5 Å². The molecule has 1 aromatic rings. The molecule has 0 saturated heterocycles. The Kier molecular flexibility index (Phi) is 8.70. The van der Waals surface area contributed by atoms with Gasteiger partial charge in [-0.05, 0) is 31.0 Å². The third-order valence-electron chi connectivity index (χ3n) is 2.57. The van der Waals surface area contributed by atoms with Gasteiger partial charge < -0.3 is 10.6 Å². The highest BCUT2D eigenvalue weighted by molar-refractivity contribution is 14.0. The molecule has 0 aliphatic heterocycles. The largest absolute Gasteiger partial charge is 0.354 e. The van der Waals surface area contributed by atoms with Gasteiger partial charge in [0.1, 0.15) is 5.82 Å². The minimum absolute atomic E-state index is 0. The second-order valence-corrected chi connectivity index (χ2v) is 4.01. The van der Waals surface area contributed by atoms with E-state index in [0.29, 0.717) is 12.6 Å². The predicted octanol–water partition coefficient (Wildman–Crippen LogP) is 2.91. The fourth-order valence-corrected chi connectivity index (χ4v) is 1.36. The molecule has 0 bridgehead atoms. The van der Waals surface area contributed by atoms with Gasteiger partial charge in [-0.25, -0.2) is 4.39 Å². The van der Waals surface area contributed by atoms with Crippen LogP contribution in [0.15, 0.2) is 29.3 Å². The first kappa shape index (κ1) is 17.2. The number of nitrogens with zero attached hydrogens (tertiary/aromatic N) is 1. The zero-order valence-electron chi connectivity index (χ0n) is 11.0. The van der Waals surface area contributed by atoms with Crippen LogP contribution >= 0.6 is 24.0 Å². The van der Waals surface area contributed by atoms with Gasteiger partial charge in [0.15, 0.2) is 5.96 Å². The summed E-state index contributed by atoms with van der Waals surface area (Å²) in [6.45, 7) is 4.76. The summed E-state index contributed by atoms with van der Waals surface area (Å²) in [6, 6.07) is 6.91. The number of hydrogen-bond donors (Lipinski definition) is 2. The molecule has 0 fully saturated rings. The highest BCUT2D eigenvalue weighted by Crippen LogP contribution is 2.02. The molecule has 2 N–H and O–H groups in total. The molecule has 0 saturated carbocycles. The highest BCUT2D eigenvalue weighted by Gasteiger charge is 2.02. The number of rotatable bonds is 4. The molecule has 5 heteroatoms. The first-order chi connectivity index (χ1) is 8.15. The van der Waals surface area contributed by atoms with Crippen molar-refractivity contribution >= 4 is 29.9 Å². The summed E-state index contributed by atoms with van der Waals surface area (Å²) >= 11 is 0. The SMILES string of the molecule is CCC(C)NC(=NC)NCc1cccc(F)c1.I. The van der Waals surface area contributed by atoms with Gasteiger partial charge in [-0.3, -0.25) is 4.99 Å². The molecule has 102 valence electrons. The van der Waals surface area contributed by atoms with Crippen molar-refractivity contribution in [1.29, 1.82) is 0 Å². The maximum atomic E-state index is 13.0. The smallest absolute Gasteiger partial charge is 0.191 e. The van der Waals surface area contributed by atoms with Gasteiger partial charge in [0.2, 0.25) is 0 Å². The van der Waals surface area contributed by atoms with Crippen molar-refractivity contribution < 1.29 is 4.39 Å².